The Morgan fingerprint density at radius 2 is 1.58 bits per heavy atom. The van der Waals surface area contributed by atoms with Crippen LogP contribution >= 0.6 is 0 Å². The molecule has 1 aromatic rings. The Labute approximate surface area is 175 Å². The van der Waals surface area contributed by atoms with Crippen LogP contribution in [0.2, 0.25) is 13.1 Å². The van der Waals surface area contributed by atoms with Crippen LogP contribution in [0.15, 0.2) is 17.3 Å². The molecule has 0 radical (unpaired) electrons. The van der Waals surface area contributed by atoms with Crippen molar-refractivity contribution >= 4 is 20.3 Å². The quantitative estimate of drug-likeness (QED) is 0.430. The van der Waals surface area contributed by atoms with Crippen LogP contribution in [0.4, 0.5) is 0 Å². The van der Waals surface area contributed by atoms with E-state index in [4.69, 9.17) is 0 Å². The molecule has 0 fully saturated rings. The van der Waals surface area contributed by atoms with E-state index >= 15 is 0 Å². The second kappa shape index (κ2) is 9.51. The summed E-state index contributed by atoms with van der Waals surface area (Å²) < 4.78 is 2.97. The molecular formula is C18H24Cl2HfNOSi. The topological polar surface area (TPSA) is 29.1 Å². The fourth-order valence-electron chi connectivity index (χ4n) is 3.35. The minimum atomic E-state index is -0.906. The van der Waals surface area contributed by atoms with Gasteiger partial charge < -0.3 is 24.8 Å². The van der Waals surface area contributed by atoms with Gasteiger partial charge in [-0.2, -0.15) is 0 Å². The van der Waals surface area contributed by atoms with Crippen LogP contribution in [0.1, 0.15) is 44.6 Å². The molecule has 0 aromatic heterocycles. The fourth-order valence-corrected chi connectivity index (χ4v) is 5.27. The molecule has 1 amide bonds. The molecule has 2 nitrogen and oxygen atoms in total. The van der Waals surface area contributed by atoms with Crippen LogP contribution < -0.4 is 28.1 Å². The van der Waals surface area contributed by atoms with Gasteiger partial charge in [0.1, 0.15) is 0 Å². The molecule has 0 saturated carbocycles. The minimum Gasteiger partial charge on any atom is -1.00 e. The maximum atomic E-state index is 12.6. The summed E-state index contributed by atoms with van der Waals surface area (Å²) >= 11 is 0.681. The maximum Gasteiger partial charge on any atom is -1.00 e. The van der Waals surface area contributed by atoms with E-state index in [9.17, 15) is 4.79 Å². The average Bonchev–Trinajstić information content (AvgIpc) is 2.97. The van der Waals surface area contributed by atoms with E-state index in [1.165, 1.54) is 33.0 Å². The Balaban J connectivity index is 0.00000264. The number of rotatable bonds is 3. The summed E-state index contributed by atoms with van der Waals surface area (Å²) in [5, 5.41) is 1.51. The van der Waals surface area contributed by atoms with Crippen molar-refractivity contribution in [2.24, 2.45) is 0 Å². The van der Waals surface area contributed by atoms with E-state index in [1.54, 1.807) is 0 Å². The van der Waals surface area contributed by atoms with Gasteiger partial charge in [0.05, 0.1) is 0 Å². The summed E-state index contributed by atoms with van der Waals surface area (Å²) in [6, 6.07) is 0. The Kier molecular flexibility index (Phi) is 9.45. The molecule has 6 heteroatoms. The SMILES string of the molecule is Cc1c(C)c(C)c(C2=C([SiH](C)C)C=CC2)c(C(=O)[NH][Hf+2])c1C.[Cl-].[Cl-]. The molecule has 0 unspecified atom stereocenters. The second-order valence-corrected chi connectivity index (χ2v) is 10.2. The minimum absolute atomic E-state index is 0. The molecule has 0 spiro atoms. The van der Waals surface area contributed by atoms with Gasteiger partial charge in [-0.3, -0.25) is 0 Å². The summed E-state index contributed by atoms with van der Waals surface area (Å²) in [5.41, 5.74) is 8.48. The van der Waals surface area contributed by atoms with Crippen LogP contribution in [0, 0.1) is 27.7 Å². The summed E-state index contributed by atoms with van der Waals surface area (Å²) in [6.07, 6.45) is 5.51. The van der Waals surface area contributed by atoms with Gasteiger partial charge >= 0.3 is 151 Å². The normalized spacial score (nSPS) is 13.0. The molecule has 0 atom stereocenters. The van der Waals surface area contributed by atoms with Crippen molar-refractivity contribution in [3.05, 3.63) is 50.7 Å². The third-order valence-electron chi connectivity index (χ3n) is 4.92. The first-order chi connectivity index (χ1) is 10.3. The van der Waals surface area contributed by atoms with Crippen molar-refractivity contribution in [3.63, 3.8) is 0 Å². The van der Waals surface area contributed by atoms with Crippen molar-refractivity contribution in [1.82, 2.24) is 3.30 Å². The van der Waals surface area contributed by atoms with Gasteiger partial charge in [0.2, 0.25) is 0 Å². The molecular weight excluding hydrogens is 524 g/mol. The molecule has 1 aliphatic carbocycles. The number of carbonyl (C=O) groups is 1. The van der Waals surface area contributed by atoms with Gasteiger partial charge in [0, 0.05) is 0 Å². The van der Waals surface area contributed by atoms with E-state index in [2.05, 4.69) is 56.2 Å². The molecule has 0 saturated heterocycles. The number of carbonyl (C=O) groups excluding carboxylic acids is 1. The first-order valence-corrected chi connectivity index (χ1v) is 12.5. The van der Waals surface area contributed by atoms with E-state index in [0.717, 1.165) is 17.5 Å². The number of halogens is 2. The van der Waals surface area contributed by atoms with Crippen LogP contribution in [-0.4, -0.2) is 14.7 Å². The number of benzene rings is 1. The van der Waals surface area contributed by atoms with Crippen LogP contribution in [0.25, 0.3) is 5.57 Å². The average molecular weight is 548 g/mol. The monoisotopic (exact) mass is 548 g/mol. The third-order valence-corrected chi connectivity index (χ3v) is 7.52. The first kappa shape index (κ1) is 23.8. The summed E-state index contributed by atoms with van der Waals surface area (Å²) in [5.74, 6) is 0.0922. The molecule has 1 aromatic carbocycles. The molecule has 24 heavy (non-hydrogen) atoms. The molecule has 0 heterocycles. The van der Waals surface area contributed by atoms with E-state index in [-0.39, 0.29) is 30.7 Å². The Morgan fingerprint density at radius 1 is 1.04 bits per heavy atom. The fraction of sp³-hybridized carbons (Fsp3) is 0.389. The zero-order valence-corrected chi connectivity index (χ0v) is 21.4. The van der Waals surface area contributed by atoms with Crippen LogP contribution in [-0.2, 0) is 24.7 Å². The Bertz CT molecular complexity index is 712. The molecule has 0 aliphatic heterocycles. The van der Waals surface area contributed by atoms with Gasteiger partial charge in [0.15, 0.2) is 0 Å². The van der Waals surface area contributed by atoms with Crippen molar-refractivity contribution in [3.8, 4) is 0 Å². The molecule has 0 bridgehead atoms. The predicted octanol–water partition coefficient (Wildman–Crippen LogP) is -2.14. The Morgan fingerprint density at radius 3 is 2.08 bits per heavy atom. The number of nitrogens with one attached hydrogen (secondary N) is 1. The van der Waals surface area contributed by atoms with E-state index < -0.39 is 8.80 Å². The molecule has 1 aliphatic rings. The first-order valence-electron chi connectivity index (χ1n) is 7.78. The zero-order valence-electron chi connectivity index (χ0n) is 15.1. The van der Waals surface area contributed by atoms with Gasteiger partial charge in [0.25, 0.3) is 0 Å². The van der Waals surface area contributed by atoms with Crippen molar-refractivity contribution in [2.45, 2.75) is 47.2 Å². The molecule has 129 valence electrons. The summed E-state index contributed by atoms with van der Waals surface area (Å²) in [7, 11) is -0.906. The van der Waals surface area contributed by atoms with Crippen LogP contribution in [0.5, 0.6) is 0 Å². The van der Waals surface area contributed by atoms with E-state index in [1.807, 2.05) is 0 Å². The number of allylic oxidation sites excluding steroid dienone is 4. The largest absolute Gasteiger partial charge is 1.00 e. The van der Waals surface area contributed by atoms with Gasteiger partial charge in [-0.15, -0.1) is 0 Å². The standard InChI is InChI=1S/C18H25NOSi.2ClH.Hf/c1-10-11(2)13(4)17(18(19)20)16(12(10)3)14-8-7-9-15(14)21(5)6;;;/h7,9,21H,8H2,1-6H3,(H2,19,20);2*1H;/q;;;+3/p-3. The smallest absolute Gasteiger partial charge is 1.00 e. The van der Waals surface area contributed by atoms with Crippen LogP contribution in [0.3, 0.4) is 0 Å². The maximum absolute atomic E-state index is 12.6. The van der Waals surface area contributed by atoms with Gasteiger partial charge in [-0.05, 0) is 0 Å². The van der Waals surface area contributed by atoms with Crippen molar-refractivity contribution in [1.29, 1.82) is 0 Å². The number of amides is 1. The molecule has 1 N–H and O–H groups in total. The van der Waals surface area contributed by atoms with Gasteiger partial charge in [-0.25, -0.2) is 0 Å². The summed E-state index contributed by atoms with van der Waals surface area (Å²) in [6.45, 7) is 13.3. The van der Waals surface area contributed by atoms with Crippen molar-refractivity contribution < 1.29 is 54.3 Å². The second-order valence-electron chi connectivity index (χ2n) is 6.40. The third kappa shape index (κ3) is 4.14. The number of hydrogen-bond acceptors (Lipinski definition) is 1. The Hall–Kier alpha value is -0.163. The van der Waals surface area contributed by atoms with Gasteiger partial charge in [-0.1, -0.05) is 0 Å². The summed E-state index contributed by atoms with van der Waals surface area (Å²) in [4.78, 5) is 12.6. The molecule has 2 rings (SSSR count). The van der Waals surface area contributed by atoms with E-state index in [0.29, 0.717) is 24.7 Å². The zero-order chi connectivity index (χ0) is 16.6. The number of hydrogen-bond donors (Lipinski definition) is 1. The van der Waals surface area contributed by atoms with Crippen molar-refractivity contribution in [2.75, 3.05) is 0 Å². The predicted molar refractivity (Wildman–Crippen MR) is 92.4 cm³/mol.